The minimum absolute atomic E-state index is 0.0367. The van der Waals surface area contributed by atoms with Gasteiger partial charge < -0.3 is 5.32 Å². The minimum atomic E-state index is -0.527. The summed E-state index contributed by atoms with van der Waals surface area (Å²) in [5, 5.41) is 13.7. The van der Waals surface area contributed by atoms with E-state index in [0.717, 1.165) is 16.2 Å². The average molecular weight is 419 g/mol. The monoisotopic (exact) mass is 418 g/mol. The van der Waals surface area contributed by atoms with Gasteiger partial charge in [0, 0.05) is 11.1 Å². The first-order chi connectivity index (χ1) is 13.1. The number of anilines is 1. The van der Waals surface area contributed by atoms with Crippen LogP contribution in [0.1, 0.15) is 0 Å². The fraction of sp³-hybridized carbons (Fsp3) is 0.0556. The van der Waals surface area contributed by atoms with Crippen molar-refractivity contribution in [2.24, 2.45) is 0 Å². The summed E-state index contributed by atoms with van der Waals surface area (Å²) in [5.41, 5.74) is 2.48. The first-order valence-corrected chi connectivity index (χ1v) is 10.1. The van der Waals surface area contributed by atoms with Gasteiger partial charge in [-0.1, -0.05) is 53.7 Å². The summed E-state index contributed by atoms with van der Waals surface area (Å²) in [6, 6.07) is 14.0. The number of rotatable bonds is 5. The topological polar surface area (TPSA) is 59.3 Å². The Kier molecular flexibility index (Phi) is 5.11. The van der Waals surface area contributed by atoms with Crippen LogP contribution in [0.3, 0.4) is 0 Å². The quantitative estimate of drug-likeness (QED) is 0.464. The van der Waals surface area contributed by atoms with Crippen LogP contribution < -0.4 is 5.32 Å². The minimum Gasteiger partial charge on any atom is -0.325 e. The van der Waals surface area contributed by atoms with Crippen LogP contribution in [0.15, 0.2) is 59.1 Å². The Balaban J connectivity index is 1.50. The van der Waals surface area contributed by atoms with Crippen molar-refractivity contribution in [1.82, 2.24) is 14.6 Å². The maximum Gasteiger partial charge on any atom is 0.234 e. The largest absolute Gasteiger partial charge is 0.325 e. The highest BCUT2D eigenvalue weighted by Gasteiger charge is 2.15. The molecule has 4 rings (SSSR count). The van der Waals surface area contributed by atoms with Gasteiger partial charge in [-0.05, 0) is 23.8 Å². The third-order valence-electron chi connectivity index (χ3n) is 3.73. The van der Waals surface area contributed by atoms with E-state index in [2.05, 4.69) is 15.5 Å². The van der Waals surface area contributed by atoms with Gasteiger partial charge >= 0.3 is 0 Å². The molecule has 1 N–H and O–H groups in total. The standard InChI is InChI=1S/C18H12ClFN4OS2/c19-13-8-12(6-7-14(13)20)21-16(25)10-27-18-23-22-17-24(18)15(9-26-17)11-4-2-1-3-5-11/h1-9H,10H2,(H,21,25). The van der Waals surface area contributed by atoms with Crippen LogP contribution >= 0.6 is 34.7 Å². The zero-order valence-electron chi connectivity index (χ0n) is 13.7. The second-order valence-corrected chi connectivity index (χ2v) is 7.74. The number of aromatic nitrogens is 3. The van der Waals surface area contributed by atoms with Gasteiger partial charge in [-0.15, -0.1) is 21.5 Å². The number of thiazole rings is 1. The summed E-state index contributed by atoms with van der Waals surface area (Å²) in [7, 11) is 0. The number of thioether (sulfide) groups is 1. The molecule has 0 saturated carbocycles. The maximum absolute atomic E-state index is 13.2. The molecule has 0 saturated heterocycles. The van der Waals surface area contributed by atoms with E-state index in [1.807, 2.05) is 40.1 Å². The van der Waals surface area contributed by atoms with E-state index in [9.17, 15) is 9.18 Å². The van der Waals surface area contributed by atoms with E-state index < -0.39 is 5.82 Å². The van der Waals surface area contributed by atoms with Crippen molar-refractivity contribution in [1.29, 1.82) is 0 Å². The molecule has 2 heterocycles. The molecular formula is C18H12ClFN4OS2. The zero-order valence-corrected chi connectivity index (χ0v) is 16.1. The molecular weight excluding hydrogens is 407 g/mol. The molecule has 0 radical (unpaired) electrons. The zero-order chi connectivity index (χ0) is 18.8. The lowest BCUT2D eigenvalue weighted by atomic mass is 10.2. The predicted octanol–water partition coefficient (Wildman–Crippen LogP) is 4.98. The van der Waals surface area contributed by atoms with Crippen molar-refractivity contribution in [2.75, 3.05) is 11.1 Å². The number of amides is 1. The summed E-state index contributed by atoms with van der Waals surface area (Å²) in [5.74, 6) is -0.628. The molecule has 0 bridgehead atoms. The number of hydrogen-bond acceptors (Lipinski definition) is 5. The summed E-state index contributed by atoms with van der Waals surface area (Å²) < 4.78 is 15.1. The summed E-state index contributed by atoms with van der Waals surface area (Å²) in [6.45, 7) is 0. The van der Waals surface area contributed by atoms with Crippen molar-refractivity contribution in [3.05, 3.63) is 64.8 Å². The smallest absolute Gasteiger partial charge is 0.234 e. The number of carbonyl (C=O) groups is 1. The van der Waals surface area contributed by atoms with Crippen LogP contribution in [0.2, 0.25) is 5.02 Å². The first kappa shape index (κ1) is 18.0. The van der Waals surface area contributed by atoms with Gasteiger partial charge in [-0.25, -0.2) is 4.39 Å². The Morgan fingerprint density at radius 2 is 2.04 bits per heavy atom. The van der Waals surface area contributed by atoms with Crippen LogP contribution in [0.25, 0.3) is 16.2 Å². The Hall–Kier alpha value is -2.42. The highest BCUT2D eigenvalue weighted by atomic mass is 35.5. The Labute approximate surface area is 167 Å². The summed E-state index contributed by atoms with van der Waals surface area (Å²) in [6.07, 6.45) is 0. The lowest BCUT2D eigenvalue weighted by Crippen LogP contribution is -2.14. The first-order valence-electron chi connectivity index (χ1n) is 7.87. The molecule has 2 aromatic heterocycles. The van der Waals surface area contributed by atoms with E-state index in [4.69, 9.17) is 11.6 Å². The average Bonchev–Trinajstić information content (AvgIpc) is 3.26. The Bertz CT molecular complexity index is 1110. The molecule has 27 heavy (non-hydrogen) atoms. The van der Waals surface area contributed by atoms with Crippen LogP contribution in [0.4, 0.5) is 10.1 Å². The molecule has 1 amide bonds. The third-order valence-corrected chi connectivity index (χ3v) is 5.76. The molecule has 0 spiro atoms. The van der Waals surface area contributed by atoms with E-state index in [0.29, 0.717) is 10.8 Å². The van der Waals surface area contributed by atoms with Crippen molar-refractivity contribution in [3.63, 3.8) is 0 Å². The van der Waals surface area contributed by atoms with Gasteiger partial charge in [0.2, 0.25) is 10.9 Å². The fourth-order valence-corrected chi connectivity index (χ4v) is 4.32. The lowest BCUT2D eigenvalue weighted by Gasteiger charge is -2.06. The van der Waals surface area contributed by atoms with Gasteiger partial charge in [-0.2, -0.15) is 0 Å². The van der Waals surface area contributed by atoms with Crippen molar-refractivity contribution in [2.45, 2.75) is 5.16 Å². The second kappa shape index (κ2) is 7.67. The second-order valence-electron chi connectivity index (χ2n) is 5.55. The number of benzene rings is 2. The molecule has 4 aromatic rings. The predicted molar refractivity (Wildman–Crippen MR) is 107 cm³/mol. The van der Waals surface area contributed by atoms with Gasteiger partial charge in [0.1, 0.15) is 5.82 Å². The highest BCUT2D eigenvalue weighted by molar-refractivity contribution is 7.99. The van der Waals surface area contributed by atoms with Crippen LogP contribution in [0.5, 0.6) is 0 Å². The number of nitrogens with one attached hydrogen (secondary N) is 1. The van der Waals surface area contributed by atoms with Crippen molar-refractivity contribution >= 4 is 51.3 Å². The van der Waals surface area contributed by atoms with Gasteiger partial charge in [0.25, 0.3) is 0 Å². The molecule has 0 aliphatic carbocycles. The molecule has 5 nitrogen and oxygen atoms in total. The van der Waals surface area contributed by atoms with Crippen LogP contribution in [0, 0.1) is 5.82 Å². The van der Waals surface area contributed by atoms with Crippen molar-refractivity contribution < 1.29 is 9.18 Å². The van der Waals surface area contributed by atoms with Gasteiger partial charge in [0.15, 0.2) is 5.16 Å². The molecule has 136 valence electrons. The van der Waals surface area contributed by atoms with Crippen LogP contribution in [-0.2, 0) is 4.79 Å². The molecule has 0 aliphatic rings. The van der Waals surface area contributed by atoms with E-state index >= 15 is 0 Å². The van der Waals surface area contributed by atoms with Crippen molar-refractivity contribution in [3.8, 4) is 11.3 Å². The number of nitrogens with zero attached hydrogens (tertiary/aromatic N) is 3. The number of carbonyl (C=O) groups excluding carboxylic acids is 1. The maximum atomic E-state index is 13.2. The SMILES string of the molecule is O=C(CSc1nnc2scc(-c3ccccc3)n12)Nc1ccc(F)c(Cl)c1. The van der Waals surface area contributed by atoms with Gasteiger partial charge in [-0.3, -0.25) is 9.20 Å². The van der Waals surface area contributed by atoms with Crippen LogP contribution in [-0.4, -0.2) is 26.3 Å². The summed E-state index contributed by atoms with van der Waals surface area (Å²) in [4.78, 5) is 13.0. The lowest BCUT2D eigenvalue weighted by molar-refractivity contribution is -0.113. The summed E-state index contributed by atoms with van der Waals surface area (Å²) >= 11 is 8.51. The number of fused-ring (bicyclic) bond motifs is 1. The molecule has 0 unspecified atom stereocenters. The third kappa shape index (κ3) is 3.83. The normalized spacial score (nSPS) is 11.0. The highest BCUT2D eigenvalue weighted by Crippen LogP contribution is 2.29. The number of halogens is 2. The molecule has 0 fully saturated rings. The fourth-order valence-electron chi connectivity index (χ4n) is 2.50. The van der Waals surface area contributed by atoms with E-state index in [1.54, 1.807) is 0 Å². The van der Waals surface area contributed by atoms with E-state index in [1.165, 1.54) is 41.3 Å². The molecule has 2 aromatic carbocycles. The Morgan fingerprint density at radius 1 is 1.22 bits per heavy atom. The molecule has 0 atom stereocenters. The molecule has 0 aliphatic heterocycles. The van der Waals surface area contributed by atoms with E-state index in [-0.39, 0.29) is 16.7 Å². The number of hydrogen-bond donors (Lipinski definition) is 1. The van der Waals surface area contributed by atoms with Gasteiger partial charge in [0.05, 0.1) is 16.5 Å². The Morgan fingerprint density at radius 3 is 2.81 bits per heavy atom. The molecule has 9 heteroatoms.